The van der Waals surface area contributed by atoms with E-state index in [9.17, 15) is 10.2 Å². The molecule has 0 spiro atoms. The molecule has 122 valence electrons. The number of ether oxygens (including phenoxy) is 1. The maximum Gasteiger partial charge on any atom is 0.145 e. The number of hydrogen-bond donors (Lipinski definition) is 2. The van der Waals surface area contributed by atoms with Crippen LogP contribution in [0.1, 0.15) is 25.0 Å². The zero-order valence-electron chi connectivity index (χ0n) is 13.6. The van der Waals surface area contributed by atoms with Gasteiger partial charge < -0.3 is 19.4 Å². The summed E-state index contributed by atoms with van der Waals surface area (Å²) >= 11 is 0. The van der Waals surface area contributed by atoms with E-state index < -0.39 is 0 Å². The van der Waals surface area contributed by atoms with Crippen LogP contribution in [0.2, 0.25) is 0 Å². The lowest BCUT2D eigenvalue weighted by Crippen LogP contribution is -2.04. The Labute approximate surface area is 139 Å². The highest BCUT2D eigenvalue weighted by molar-refractivity contribution is 5.91. The first kappa shape index (κ1) is 14.7. The first-order valence-corrected chi connectivity index (χ1v) is 7.90. The Bertz CT molecular complexity index is 975. The summed E-state index contributed by atoms with van der Waals surface area (Å²) in [6, 6.07) is 8.66. The van der Waals surface area contributed by atoms with Crippen LogP contribution < -0.4 is 4.74 Å². The lowest BCUT2D eigenvalue weighted by Gasteiger charge is -2.18. The fourth-order valence-corrected chi connectivity index (χ4v) is 3.04. The summed E-state index contributed by atoms with van der Waals surface area (Å²) in [5.74, 6) is 1.76. The zero-order valence-corrected chi connectivity index (χ0v) is 13.6. The van der Waals surface area contributed by atoms with Crippen LogP contribution in [0, 0.1) is 0 Å². The third-order valence-corrected chi connectivity index (χ3v) is 4.30. The molecule has 1 aliphatic rings. The van der Waals surface area contributed by atoms with Crippen LogP contribution in [-0.2, 0) is 13.0 Å². The van der Waals surface area contributed by atoms with Crippen molar-refractivity contribution in [2.75, 3.05) is 0 Å². The highest BCUT2D eigenvalue weighted by atomic mass is 16.5. The largest absolute Gasteiger partial charge is 0.508 e. The predicted molar refractivity (Wildman–Crippen MR) is 92.4 cm³/mol. The van der Waals surface area contributed by atoms with Gasteiger partial charge >= 0.3 is 0 Å². The second kappa shape index (κ2) is 5.34. The Morgan fingerprint density at radius 2 is 2.00 bits per heavy atom. The van der Waals surface area contributed by atoms with Gasteiger partial charge in [0.05, 0.1) is 5.56 Å². The Balaban J connectivity index is 1.89. The van der Waals surface area contributed by atoms with Crippen LogP contribution in [-0.4, -0.2) is 10.2 Å². The van der Waals surface area contributed by atoms with E-state index >= 15 is 0 Å². The normalized spacial score (nSPS) is 12.4. The monoisotopic (exact) mass is 322 g/mol. The van der Waals surface area contributed by atoms with E-state index in [4.69, 9.17) is 9.15 Å². The van der Waals surface area contributed by atoms with Gasteiger partial charge in [-0.15, -0.1) is 0 Å². The standard InChI is InChI=1S/C20H18O4/c1-11(2)3-4-12-7-15-18(9-17(12)22)23-10-16-14-6-5-13(21)8-19(14)24-20(15)16/h3,5-9,21-22H,4,10H2,1-2H3. The molecule has 0 fully saturated rings. The fraction of sp³-hybridized carbons (Fsp3) is 0.200. The van der Waals surface area contributed by atoms with Crippen LogP contribution in [0.5, 0.6) is 17.2 Å². The van der Waals surface area contributed by atoms with Gasteiger partial charge in [-0.3, -0.25) is 0 Å². The smallest absolute Gasteiger partial charge is 0.145 e. The predicted octanol–water partition coefficient (Wildman–Crippen LogP) is 4.91. The number of fused-ring (bicyclic) bond motifs is 5. The van der Waals surface area contributed by atoms with Crippen molar-refractivity contribution in [3.63, 3.8) is 0 Å². The van der Waals surface area contributed by atoms with Gasteiger partial charge in [-0.05, 0) is 44.0 Å². The molecule has 0 aliphatic carbocycles. The molecule has 3 aromatic rings. The summed E-state index contributed by atoms with van der Waals surface area (Å²) in [7, 11) is 0. The molecule has 1 aromatic heterocycles. The first-order valence-electron chi connectivity index (χ1n) is 7.90. The molecule has 0 unspecified atom stereocenters. The van der Waals surface area contributed by atoms with Crippen molar-refractivity contribution in [3.8, 4) is 28.6 Å². The minimum atomic E-state index is 0.171. The van der Waals surface area contributed by atoms with Crippen LogP contribution in [0.4, 0.5) is 0 Å². The zero-order chi connectivity index (χ0) is 16.8. The number of allylic oxidation sites excluding steroid dienone is 2. The van der Waals surface area contributed by atoms with Crippen LogP contribution >= 0.6 is 0 Å². The van der Waals surface area contributed by atoms with E-state index in [-0.39, 0.29) is 11.5 Å². The van der Waals surface area contributed by atoms with Crippen molar-refractivity contribution in [1.82, 2.24) is 0 Å². The van der Waals surface area contributed by atoms with Crippen molar-refractivity contribution < 1.29 is 19.4 Å². The molecule has 2 N–H and O–H groups in total. The number of hydrogen-bond acceptors (Lipinski definition) is 4. The fourth-order valence-electron chi connectivity index (χ4n) is 3.04. The Morgan fingerprint density at radius 3 is 2.79 bits per heavy atom. The minimum absolute atomic E-state index is 0.171. The van der Waals surface area contributed by atoms with E-state index in [1.807, 2.05) is 26.0 Å². The summed E-state index contributed by atoms with van der Waals surface area (Å²) in [6.07, 6.45) is 2.72. The second-order valence-electron chi connectivity index (χ2n) is 6.34. The van der Waals surface area contributed by atoms with E-state index in [1.165, 1.54) is 5.57 Å². The number of furan rings is 1. The van der Waals surface area contributed by atoms with Crippen molar-refractivity contribution in [3.05, 3.63) is 53.1 Å². The summed E-state index contributed by atoms with van der Waals surface area (Å²) < 4.78 is 11.8. The number of rotatable bonds is 2. The maximum atomic E-state index is 10.2. The number of benzene rings is 2. The van der Waals surface area contributed by atoms with Gasteiger partial charge in [0.2, 0.25) is 0 Å². The van der Waals surface area contributed by atoms with Gasteiger partial charge in [0.1, 0.15) is 35.2 Å². The lowest BCUT2D eigenvalue weighted by atomic mass is 9.98. The van der Waals surface area contributed by atoms with Crippen LogP contribution in [0.3, 0.4) is 0 Å². The Morgan fingerprint density at radius 1 is 1.17 bits per heavy atom. The average Bonchev–Trinajstić information content (AvgIpc) is 2.90. The number of phenols is 2. The van der Waals surface area contributed by atoms with E-state index in [2.05, 4.69) is 6.08 Å². The molecule has 4 nitrogen and oxygen atoms in total. The highest BCUT2D eigenvalue weighted by Gasteiger charge is 2.25. The molecular formula is C20H18O4. The van der Waals surface area contributed by atoms with Crippen molar-refractivity contribution in [2.45, 2.75) is 26.9 Å². The third kappa shape index (κ3) is 2.31. The SMILES string of the molecule is CC(C)=CCc1cc2c(cc1O)OCc1c-2oc2cc(O)ccc12. The molecule has 0 bridgehead atoms. The summed E-state index contributed by atoms with van der Waals surface area (Å²) in [6.45, 7) is 4.44. The molecule has 2 aromatic carbocycles. The van der Waals surface area contributed by atoms with Gasteiger partial charge in [-0.25, -0.2) is 0 Å². The molecule has 24 heavy (non-hydrogen) atoms. The van der Waals surface area contributed by atoms with Gasteiger partial charge in [-0.1, -0.05) is 11.6 Å². The molecule has 2 heterocycles. The molecule has 0 radical (unpaired) electrons. The number of aromatic hydroxyl groups is 2. The average molecular weight is 322 g/mol. The van der Waals surface area contributed by atoms with Crippen LogP contribution in [0.15, 0.2) is 46.4 Å². The minimum Gasteiger partial charge on any atom is -0.508 e. The molecule has 4 heteroatoms. The van der Waals surface area contributed by atoms with E-state index in [0.29, 0.717) is 24.4 Å². The summed E-state index contributed by atoms with van der Waals surface area (Å²) in [5.41, 5.74) is 4.46. The van der Waals surface area contributed by atoms with Gasteiger partial charge in [0, 0.05) is 23.1 Å². The maximum absolute atomic E-state index is 10.2. The molecule has 0 amide bonds. The first-order chi connectivity index (χ1) is 11.5. The second-order valence-corrected chi connectivity index (χ2v) is 6.34. The molecule has 0 atom stereocenters. The van der Waals surface area contributed by atoms with Crippen molar-refractivity contribution in [2.24, 2.45) is 0 Å². The molecule has 0 saturated carbocycles. The van der Waals surface area contributed by atoms with Crippen molar-refractivity contribution >= 4 is 11.0 Å². The lowest BCUT2D eigenvalue weighted by molar-refractivity contribution is 0.298. The Kier molecular flexibility index (Phi) is 3.27. The quantitative estimate of drug-likeness (QED) is 0.658. The Hall–Kier alpha value is -2.88. The molecule has 0 saturated heterocycles. The number of phenolic OH excluding ortho intramolecular Hbond substituents is 2. The van der Waals surface area contributed by atoms with Gasteiger partial charge in [0.25, 0.3) is 0 Å². The molecular weight excluding hydrogens is 304 g/mol. The molecule has 4 rings (SSSR count). The van der Waals surface area contributed by atoms with Crippen molar-refractivity contribution in [1.29, 1.82) is 0 Å². The molecule has 1 aliphatic heterocycles. The van der Waals surface area contributed by atoms with Gasteiger partial charge in [-0.2, -0.15) is 0 Å². The van der Waals surface area contributed by atoms with E-state index in [0.717, 1.165) is 27.8 Å². The highest BCUT2D eigenvalue weighted by Crippen LogP contribution is 2.45. The summed E-state index contributed by atoms with van der Waals surface area (Å²) in [5, 5.41) is 20.8. The third-order valence-electron chi connectivity index (χ3n) is 4.30. The van der Waals surface area contributed by atoms with E-state index in [1.54, 1.807) is 18.2 Å². The van der Waals surface area contributed by atoms with Gasteiger partial charge in [0.15, 0.2) is 0 Å². The van der Waals surface area contributed by atoms with Crippen LogP contribution in [0.25, 0.3) is 22.3 Å². The summed E-state index contributed by atoms with van der Waals surface area (Å²) in [4.78, 5) is 0. The topological polar surface area (TPSA) is 62.8 Å².